The Kier molecular flexibility index (Phi) is 6.55. The molecule has 11 aromatic rings. The fraction of sp³-hybridized carbons (Fsp3) is 0. The molecular weight excluding hydrogens is 643 g/mol. The second kappa shape index (κ2) is 11.7. The summed E-state index contributed by atoms with van der Waals surface area (Å²) in [5, 5.41) is 10.7. The van der Waals surface area contributed by atoms with Crippen molar-refractivity contribution in [3.8, 4) is 39.5 Å². The second-order valence-corrected chi connectivity index (χ2v) is 13.8. The molecule has 3 nitrogen and oxygen atoms in total. The molecule has 0 saturated carbocycles. The molecule has 0 spiro atoms. The summed E-state index contributed by atoms with van der Waals surface area (Å²) in [4.78, 5) is 10.7. The van der Waals surface area contributed by atoms with Crippen LogP contribution in [0.15, 0.2) is 188 Å². The number of aromatic nitrogens is 3. The lowest BCUT2D eigenvalue weighted by atomic mass is 9.98. The molecule has 0 aliphatic rings. The highest BCUT2D eigenvalue weighted by Crippen LogP contribution is 2.40. The smallest absolute Gasteiger partial charge is 0.161 e. The molecule has 2 aromatic heterocycles. The Morgan fingerprint density at radius 1 is 0.340 bits per heavy atom. The van der Waals surface area contributed by atoms with Crippen LogP contribution in [0.3, 0.4) is 0 Å². The first-order chi connectivity index (χ1) is 26.3. The van der Waals surface area contributed by atoms with Gasteiger partial charge < -0.3 is 4.57 Å². The van der Waals surface area contributed by atoms with Crippen molar-refractivity contribution in [3.05, 3.63) is 188 Å². The van der Waals surface area contributed by atoms with Gasteiger partial charge in [-0.3, -0.25) is 0 Å². The quantitative estimate of drug-likeness (QED) is 0.186. The summed E-state index contributed by atoms with van der Waals surface area (Å²) in [7, 11) is 0. The first kappa shape index (κ1) is 29.6. The van der Waals surface area contributed by atoms with Gasteiger partial charge in [-0.1, -0.05) is 140 Å². The summed E-state index contributed by atoms with van der Waals surface area (Å²) < 4.78 is 2.43. The van der Waals surface area contributed by atoms with Crippen LogP contribution in [0.2, 0.25) is 0 Å². The summed E-state index contributed by atoms with van der Waals surface area (Å²) in [6.45, 7) is 0. The number of nitrogens with zero attached hydrogens (tertiary/aromatic N) is 3. The van der Waals surface area contributed by atoms with Crippen LogP contribution >= 0.6 is 0 Å². The molecule has 11 rings (SSSR count). The number of fused-ring (bicyclic) bond motifs is 7. The van der Waals surface area contributed by atoms with E-state index in [9.17, 15) is 0 Å². The molecule has 0 radical (unpaired) electrons. The SMILES string of the molecule is c1ccc(-c2nc(-c3ccc(-n4c5ccccc5c5cc6ccccc6cc54)c4ccccc34)nc3cc(-c4ccc5ccccc5c4)ccc23)cc1. The minimum atomic E-state index is 0.711. The Morgan fingerprint density at radius 2 is 0.981 bits per heavy atom. The number of para-hydroxylation sites is 1. The molecule has 2 heterocycles. The van der Waals surface area contributed by atoms with E-state index in [-0.39, 0.29) is 0 Å². The average molecular weight is 674 g/mol. The third-order valence-corrected chi connectivity index (χ3v) is 10.7. The lowest BCUT2D eigenvalue weighted by molar-refractivity contribution is 1.19. The van der Waals surface area contributed by atoms with Gasteiger partial charge in [0.05, 0.1) is 27.9 Å². The molecule has 9 aromatic carbocycles. The van der Waals surface area contributed by atoms with Crippen molar-refractivity contribution in [1.82, 2.24) is 14.5 Å². The third-order valence-electron chi connectivity index (χ3n) is 10.7. The highest BCUT2D eigenvalue weighted by Gasteiger charge is 2.19. The van der Waals surface area contributed by atoms with Gasteiger partial charge in [-0.15, -0.1) is 0 Å². The zero-order valence-electron chi connectivity index (χ0n) is 28.7. The summed E-state index contributed by atoms with van der Waals surface area (Å²) in [5.41, 5.74) is 9.73. The van der Waals surface area contributed by atoms with Gasteiger partial charge in [0, 0.05) is 32.7 Å². The monoisotopic (exact) mass is 673 g/mol. The largest absolute Gasteiger partial charge is 0.309 e. The molecule has 246 valence electrons. The minimum Gasteiger partial charge on any atom is -0.309 e. The molecule has 0 N–H and O–H groups in total. The van der Waals surface area contributed by atoms with E-state index in [1.807, 2.05) is 0 Å². The highest BCUT2D eigenvalue weighted by molar-refractivity contribution is 6.15. The molecule has 0 fully saturated rings. The van der Waals surface area contributed by atoms with Crippen LogP contribution in [0.5, 0.6) is 0 Å². The molecule has 0 aliphatic carbocycles. The van der Waals surface area contributed by atoms with Crippen LogP contribution in [0.25, 0.3) is 104 Å². The van der Waals surface area contributed by atoms with Gasteiger partial charge in [0.15, 0.2) is 5.82 Å². The van der Waals surface area contributed by atoms with E-state index >= 15 is 0 Å². The van der Waals surface area contributed by atoms with Crippen LogP contribution < -0.4 is 0 Å². The lowest BCUT2D eigenvalue weighted by Gasteiger charge is -2.16. The summed E-state index contributed by atoms with van der Waals surface area (Å²) in [6, 6.07) is 67.4. The Bertz CT molecular complexity index is 3230. The van der Waals surface area contributed by atoms with Gasteiger partial charge in [0.1, 0.15) is 0 Å². The maximum Gasteiger partial charge on any atom is 0.161 e. The number of hydrogen-bond acceptors (Lipinski definition) is 2. The molecule has 0 aliphatic heterocycles. The van der Waals surface area contributed by atoms with Crippen LogP contribution in [0, 0.1) is 0 Å². The number of benzene rings is 9. The maximum absolute atomic E-state index is 5.34. The van der Waals surface area contributed by atoms with Gasteiger partial charge in [-0.05, 0) is 86.6 Å². The zero-order chi connectivity index (χ0) is 34.9. The van der Waals surface area contributed by atoms with E-state index in [2.05, 4.69) is 193 Å². The predicted octanol–water partition coefficient (Wildman–Crippen LogP) is 13.2. The average Bonchev–Trinajstić information content (AvgIpc) is 3.54. The van der Waals surface area contributed by atoms with Crippen molar-refractivity contribution < 1.29 is 0 Å². The maximum atomic E-state index is 5.34. The summed E-state index contributed by atoms with van der Waals surface area (Å²) in [6.07, 6.45) is 0. The van der Waals surface area contributed by atoms with Crippen molar-refractivity contribution in [2.45, 2.75) is 0 Å². The van der Waals surface area contributed by atoms with Crippen LogP contribution in [-0.2, 0) is 0 Å². The lowest BCUT2D eigenvalue weighted by Crippen LogP contribution is -1.99. The van der Waals surface area contributed by atoms with Crippen molar-refractivity contribution in [2.75, 3.05) is 0 Å². The van der Waals surface area contributed by atoms with Gasteiger partial charge in [0.25, 0.3) is 0 Å². The van der Waals surface area contributed by atoms with Gasteiger partial charge in [0.2, 0.25) is 0 Å². The molecule has 0 atom stereocenters. The third kappa shape index (κ3) is 4.75. The molecule has 0 saturated heterocycles. The fourth-order valence-electron chi connectivity index (χ4n) is 8.20. The van der Waals surface area contributed by atoms with Crippen LogP contribution in [-0.4, -0.2) is 14.5 Å². The van der Waals surface area contributed by atoms with Crippen molar-refractivity contribution >= 4 is 65.0 Å². The van der Waals surface area contributed by atoms with Crippen LogP contribution in [0.1, 0.15) is 0 Å². The molecular formula is C50H31N3. The molecule has 0 bridgehead atoms. The predicted molar refractivity (Wildman–Crippen MR) is 223 cm³/mol. The zero-order valence-corrected chi connectivity index (χ0v) is 28.7. The molecule has 0 amide bonds. The second-order valence-electron chi connectivity index (χ2n) is 13.8. The Balaban J connectivity index is 1.15. The molecule has 3 heteroatoms. The van der Waals surface area contributed by atoms with E-state index in [1.165, 1.54) is 48.9 Å². The first-order valence-corrected chi connectivity index (χ1v) is 18.1. The van der Waals surface area contributed by atoms with Crippen LogP contribution in [0.4, 0.5) is 0 Å². The van der Waals surface area contributed by atoms with Gasteiger partial charge >= 0.3 is 0 Å². The number of rotatable bonds is 4. The topological polar surface area (TPSA) is 30.7 Å². The van der Waals surface area contributed by atoms with Crippen molar-refractivity contribution in [3.63, 3.8) is 0 Å². The minimum absolute atomic E-state index is 0.711. The van der Waals surface area contributed by atoms with E-state index in [1.54, 1.807) is 0 Å². The standard InChI is InChI=1S/C50H31N3/c1-2-13-33(14-3-1)49-43-25-24-38(37-23-22-32-12-4-5-15-34(32)28-37)30-45(43)51-50(52-49)42-26-27-47(40-19-9-8-18-39(40)42)53-46-21-11-10-20-41(46)44-29-35-16-6-7-17-36(35)31-48(44)53/h1-31H. The molecule has 53 heavy (non-hydrogen) atoms. The van der Waals surface area contributed by atoms with E-state index in [0.717, 1.165) is 49.7 Å². The fourth-order valence-corrected chi connectivity index (χ4v) is 8.20. The van der Waals surface area contributed by atoms with Gasteiger partial charge in [-0.25, -0.2) is 9.97 Å². The van der Waals surface area contributed by atoms with E-state index in [0.29, 0.717) is 5.82 Å². The van der Waals surface area contributed by atoms with Crippen molar-refractivity contribution in [1.29, 1.82) is 0 Å². The van der Waals surface area contributed by atoms with Crippen molar-refractivity contribution in [2.24, 2.45) is 0 Å². The van der Waals surface area contributed by atoms with E-state index in [4.69, 9.17) is 9.97 Å². The van der Waals surface area contributed by atoms with Gasteiger partial charge in [-0.2, -0.15) is 0 Å². The summed E-state index contributed by atoms with van der Waals surface area (Å²) >= 11 is 0. The Labute approximate surface area is 306 Å². The highest BCUT2D eigenvalue weighted by atomic mass is 15.0. The normalized spacial score (nSPS) is 11.8. The number of hydrogen-bond donors (Lipinski definition) is 0. The molecule has 0 unspecified atom stereocenters. The Morgan fingerprint density at radius 3 is 1.81 bits per heavy atom. The summed E-state index contributed by atoms with van der Waals surface area (Å²) in [5.74, 6) is 0.711. The van der Waals surface area contributed by atoms with E-state index < -0.39 is 0 Å². The first-order valence-electron chi connectivity index (χ1n) is 18.1. The Hall–Kier alpha value is -7.10.